The van der Waals surface area contributed by atoms with E-state index in [9.17, 15) is 18.9 Å². The van der Waals surface area contributed by atoms with Gasteiger partial charge in [0.05, 0.1) is 10.5 Å². The molecule has 0 aliphatic carbocycles. The maximum Gasteiger partial charge on any atom is 0.288 e. The minimum absolute atomic E-state index is 0.110. The third kappa shape index (κ3) is 3.91. The molecule has 21 heavy (non-hydrogen) atoms. The van der Waals surface area contributed by atoms with Crippen LogP contribution >= 0.6 is 11.8 Å². The predicted molar refractivity (Wildman–Crippen MR) is 72.5 cm³/mol. The number of hydrogen-bond acceptors (Lipinski definition) is 5. The Labute approximate surface area is 122 Å². The summed E-state index contributed by atoms with van der Waals surface area (Å²) in [6.07, 6.45) is 1.64. The summed E-state index contributed by atoms with van der Waals surface area (Å²) in [4.78, 5) is 10.5. The summed E-state index contributed by atoms with van der Waals surface area (Å²) in [7, 11) is 1.69. The fourth-order valence-electron chi connectivity index (χ4n) is 1.69. The molecule has 0 spiro atoms. The maximum absolute atomic E-state index is 12.5. The van der Waals surface area contributed by atoms with Crippen LogP contribution in [0.3, 0.4) is 0 Å². The summed E-state index contributed by atoms with van der Waals surface area (Å²) in [6, 6.07) is 5.61. The molecular formula is C12H11F2N3O3S. The molecule has 2 aromatic rings. The van der Waals surface area contributed by atoms with Crippen molar-refractivity contribution in [3.63, 3.8) is 0 Å². The van der Waals surface area contributed by atoms with Crippen LogP contribution in [0.2, 0.25) is 0 Å². The van der Waals surface area contributed by atoms with E-state index < -0.39 is 10.7 Å². The zero-order valence-electron chi connectivity index (χ0n) is 10.9. The molecule has 0 amide bonds. The number of rotatable bonds is 6. The lowest BCUT2D eigenvalue weighted by atomic mass is 10.2. The zero-order valence-corrected chi connectivity index (χ0v) is 11.7. The van der Waals surface area contributed by atoms with Crippen molar-refractivity contribution in [2.24, 2.45) is 7.05 Å². The van der Waals surface area contributed by atoms with Crippen LogP contribution in [0.15, 0.2) is 35.4 Å². The lowest BCUT2D eigenvalue weighted by Gasteiger charge is -2.09. The number of halogens is 2. The van der Waals surface area contributed by atoms with E-state index in [0.29, 0.717) is 0 Å². The monoisotopic (exact) mass is 315 g/mol. The summed E-state index contributed by atoms with van der Waals surface area (Å²) in [6.45, 7) is -0.205. The number of aromatic nitrogens is 2. The Morgan fingerprint density at radius 2 is 2.24 bits per heavy atom. The number of nitrogens with zero attached hydrogens (tertiary/aromatic N) is 3. The Kier molecular flexibility index (Phi) is 4.73. The standard InChI is InChI=1S/C12H11F2N3O3S/c1-16-6-5-11(15-16)20-7-8-9(17(18)19)3-2-4-10(8)21-12(13)14/h2-6,12H,7H2,1H3. The largest absolute Gasteiger partial charge is 0.471 e. The van der Waals surface area contributed by atoms with Gasteiger partial charge in [0.25, 0.3) is 11.4 Å². The van der Waals surface area contributed by atoms with E-state index in [4.69, 9.17) is 4.74 Å². The minimum atomic E-state index is -2.67. The van der Waals surface area contributed by atoms with Gasteiger partial charge in [-0.25, -0.2) is 0 Å². The van der Waals surface area contributed by atoms with Crippen molar-refractivity contribution >= 4 is 17.4 Å². The first kappa shape index (κ1) is 15.2. The van der Waals surface area contributed by atoms with Gasteiger partial charge >= 0.3 is 0 Å². The van der Waals surface area contributed by atoms with Gasteiger partial charge < -0.3 is 4.74 Å². The van der Waals surface area contributed by atoms with Gasteiger partial charge in [0.1, 0.15) is 6.61 Å². The molecule has 0 saturated carbocycles. The van der Waals surface area contributed by atoms with E-state index in [2.05, 4.69) is 5.10 Å². The number of thioether (sulfide) groups is 1. The molecule has 0 aliphatic rings. The molecule has 2 rings (SSSR count). The Hall–Kier alpha value is -2.16. The normalized spacial score (nSPS) is 10.9. The molecule has 0 N–H and O–H groups in total. The first-order chi connectivity index (χ1) is 9.97. The van der Waals surface area contributed by atoms with E-state index in [1.54, 1.807) is 19.3 Å². The molecule has 0 radical (unpaired) electrons. The van der Waals surface area contributed by atoms with Crippen molar-refractivity contribution in [3.05, 3.63) is 46.1 Å². The lowest BCUT2D eigenvalue weighted by molar-refractivity contribution is -0.386. The summed E-state index contributed by atoms with van der Waals surface area (Å²) in [5.41, 5.74) is -0.143. The fourth-order valence-corrected chi connectivity index (χ4v) is 2.35. The SMILES string of the molecule is Cn1ccc(OCc2c(SC(F)F)cccc2[N+](=O)[O-])n1. The van der Waals surface area contributed by atoms with Gasteiger partial charge in [-0.05, 0) is 6.07 Å². The first-order valence-electron chi connectivity index (χ1n) is 5.81. The summed E-state index contributed by atoms with van der Waals surface area (Å²) >= 11 is 0.254. The Bertz CT molecular complexity index is 648. The average molecular weight is 315 g/mol. The quantitative estimate of drug-likeness (QED) is 0.465. The highest BCUT2D eigenvalue weighted by atomic mass is 32.2. The van der Waals surface area contributed by atoms with E-state index in [-0.39, 0.29) is 40.4 Å². The minimum Gasteiger partial charge on any atom is -0.471 e. The highest BCUT2D eigenvalue weighted by Gasteiger charge is 2.21. The molecule has 1 aromatic heterocycles. The molecule has 0 bridgehead atoms. The molecule has 0 fully saturated rings. The Morgan fingerprint density at radius 1 is 1.48 bits per heavy atom. The summed E-state index contributed by atoms with van der Waals surface area (Å²) < 4.78 is 31.9. The molecule has 0 aliphatic heterocycles. The first-order valence-corrected chi connectivity index (χ1v) is 6.69. The molecule has 6 nitrogen and oxygen atoms in total. The Balaban J connectivity index is 2.27. The number of alkyl halides is 2. The number of ether oxygens (including phenoxy) is 1. The van der Waals surface area contributed by atoms with Gasteiger partial charge in [0.15, 0.2) is 0 Å². The third-order valence-electron chi connectivity index (χ3n) is 2.57. The van der Waals surface area contributed by atoms with Crippen molar-refractivity contribution in [2.75, 3.05) is 0 Å². The second-order valence-corrected chi connectivity index (χ2v) is 5.04. The summed E-state index contributed by atoms with van der Waals surface area (Å²) in [5, 5.41) is 15.0. The van der Waals surface area contributed by atoms with Crippen LogP contribution in [-0.2, 0) is 13.7 Å². The van der Waals surface area contributed by atoms with Crippen molar-refractivity contribution in [3.8, 4) is 5.88 Å². The molecule has 0 unspecified atom stereocenters. The number of nitro benzene ring substituents is 1. The van der Waals surface area contributed by atoms with Gasteiger partial charge in [0, 0.05) is 30.3 Å². The lowest BCUT2D eigenvalue weighted by Crippen LogP contribution is -2.04. The van der Waals surface area contributed by atoms with Crippen LogP contribution in [0, 0.1) is 10.1 Å². The van der Waals surface area contributed by atoms with Gasteiger partial charge in [-0.1, -0.05) is 17.8 Å². The number of hydrogen-bond donors (Lipinski definition) is 0. The number of benzene rings is 1. The maximum atomic E-state index is 12.5. The molecule has 112 valence electrons. The number of nitro groups is 1. The Morgan fingerprint density at radius 3 is 2.81 bits per heavy atom. The zero-order chi connectivity index (χ0) is 15.4. The van der Waals surface area contributed by atoms with Crippen LogP contribution in [0.4, 0.5) is 14.5 Å². The van der Waals surface area contributed by atoms with Gasteiger partial charge in [-0.3, -0.25) is 14.8 Å². The van der Waals surface area contributed by atoms with E-state index in [0.717, 1.165) is 0 Å². The van der Waals surface area contributed by atoms with Crippen molar-refractivity contribution in [1.29, 1.82) is 0 Å². The van der Waals surface area contributed by atoms with Crippen LogP contribution in [0.1, 0.15) is 5.56 Å². The van der Waals surface area contributed by atoms with Crippen molar-refractivity contribution < 1.29 is 18.4 Å². The fraction of sp³-hybridized carbons (Fsp3) is 0.250. The van der Waals surface area contributed by atoms with Crippen molar-refractivity contribution in [2.45, 2.75) is 17.3 Å². The van der Waals surface area contributed by atoms with Crippen LogP contribution < -0.4 is 4.74 Å². The molecule has 0 saturated heterocycles. The van der Waals surface area contributed by atoms with Gasteiger partial charge in [-0.2, -0.15) is 8.78 Å². The molecule has 0 atom stereocenters. The predicted octanol–water partition coefficient (Wildman–Crippen LogP) is 3.22. The second kappa shape index (κ2) is 6.53. The van der Waals surface area contributed by atoms with E-state index in [1.165, 1.54) is 22.9 Å². The smallest absolute Gasteiger partial charge is 0.288 e. The highest BCUT2D eigenvalue weighted by Crippen LogP contribution is 2.34. The molecule has 1 heterocycles. The van der Waals surface area contributed by atoms with Gasteiger partial charge in [0.2, 0.25) is 5.88 Å². The number of aryl methyl sites for hydroxylation is 1. The highest BCUT2D eigenvalue weighted by molar-refractivity contribution is 7.99. The van der Waals surface area contributed by atoms with Crippen LogP contribution in [-0.4, -0.2) is 20.5 Å². The van der Waals surface area contributed by atoms with Crippen LogP contribution in [0.25, 0.3) is 0 Å². The average Bonchev–Trinajstić information content (AvgIpc) is 2.82. The molecule has 1 aromatic carbocycles. The van der Waals surface area contributed by atoms with E-state index >= 15 is 0 Å². The van der Waals surface area contributed by atoms with Crippen LogP contribution in [0.5, 0.6) is 5.88 Å². The molecule has 9 heteroatoms. The third-order valence-corrected chi connectivity index (χ3v) is 3.39. The van der Waals surface area contributed by atoms with Gasteiger partial charge in [-0.15, -0.1) is 5.10 Å². The van der Waals surface area contributed by atoms with E-state index in [1.807, 2.05) is 0 Å². The topological polar surface area (TPSA) is 70.2 Å². The van der Waals surface area contributed by atoms with Crippen molar-refractivity contribution in [1.82, 2.24) is 9.78 Å². The molecular weight excluding hydrogens is 304 g/mol. The summed E-state index contributed by atoms with van der Waals surface area (Å²) in [5.74, 6) is -2.40. The second-order valence-electron chi connectivity index (χ2n) is 4.01.